The van der Waals surface area contributed by atoms with Gasteiger partial charge < -0.3 is 10.0 Å². The molecule has 0 saturated heterocycles. The van der Waals surface area contributed by atoms with Crippen LogP contribution in [0.2, 0.25) is 0 Å². The molecule has 0 saturated carbocycles. The van der Waals surface area contributed by atoms with Gasteiger partial charge >= 0.3 is 0 Å². The number of hydrogen-bond acceptors (Lipinski definition) is 4. The highest BCUT2D eigenvalue weighted by molar-refractivity contribution is 5.74. The summed E-state index contributed by atoms with van der Waals surface area (Å²) >= 11 is 0. The number of nitrogens with zero attached hydrogens (tertiary/aromatic N) is 4. The van der Waals surface area contributed by atoms with E-state index in [4.69, 9.17) is 0 Å². The maximum Gasteiger partial charge on any atom is 0.113 e. The van der Waals surface area contributed by atoms with Crippen LogP contribution in [-0.4, -0.2) is 34.2 Å². The summed E-state index contributed by atoms with van der Waals surface area (Å²) in [4.78, 5) is 2.06. The Balaban J connectivity index is 1.84. The molecule has 3 aromatic carbocycles. The molecule has 4 rings (SSSR count). The molecular formula is C23H24N4O. The third-order valence-corrected chi connectivity index (χ3v) is 5.11. The average molecular weight is 372 g/mol. The molecule has 28 heavy (non-hydrogen) atoms. The molecule has 2 unspecified atom stereocenters. The number of para-hydroxylation sites is 1. The van der Waals surface area contributed by atoms with Crippen molar-refractivity contribution < 1.29 is 5.11 Å². The van der Waals surface area contributed by atoms with Gasteiger partial charge in [0, 0.05) is 19.8 Å². The predicted octanol–water partition coefficient (Wildman–Crippen LogP) is 4.13. The Kier molecular flexibility index (Phi) is 4.84. The van der Waals surface area contributed by atoms with Crippen molar-refractivity contribution in [3.8, 4) is 0 Å². The van der Waals surface area contributed by atoms with E-state index in [1.807, 2.05) is 86.4 Å². The van der Waals surface area contributed by atoms with Gasteiger partial charge in [-0.3, -0.25) is 0 Å². The van der Waals surface area contributed by atoms with Gasteiger partial charge in [0.05, 0.1) is 5.52 Å². The molecule has 5 nitrogen and oxygen atoms in total. The highest BCUT2D eigenvalue weighted by Gasteiger charge is 2.27. The largest absolute Gasteiger partial charge is 0.386 e. The summed E-state index contributed by atoms with van der Waals surface area (Å²) in [6, 6.07) is 23.6. The highest BCUT2D eigenvalue weighted by Crippen LogP contribution is 2.34. The summed E-state index contributed by atoms with van der Waals surface area (Å²) in [6.07, 6.45) is -0.754. The predicted molar refractivity (Wildman–Crippen MR) is 113 cm³/mol. The van der Waals surface area contributed by atoms with Crippen LogP contribution in [0.3, 0.4) is 0 Å². The summed E-state index contributed by atoms with van der Waals surface area (Å²) in [7, 11) is 4.02. The summed E-state index contributed by atoms with van der Waals surface area (Å²) in [5.74, 6) is 0. The van der Waals surface area contributed by atoms with Crippen molar-refractivity contribution in [2.75, 3.05) is 19.0 Å². The molecular weight excluding hydrogens is 348 g/mol. The molecule has 0 aliphatic heterocycles. The second-order valence-electron chi connectivity index (χ2n) is 7.31. The molecule has 0 spiro atoms. The Morgan fingerprint density at radius 3 is 2.18 bits per heavy atom. The van der Waals surface area contributed by atoms with Gasteiger partial charge in [-0.1, -0.05) is 59.3 Å². The lowest BCUT2D eigenvalue weighted by Gasteiger charge is -2.25. The van der Waals surface area contributed by atoms with Crippen LogP contribution < -0.4 is 4.90 Å². The van der Waals surface area contributed by atoms with Crippen LogP contribution in [0.1, 0.15) is 28.8 Å². The Morgan fingerprint density at radius 2 is 1.50 bits per heavy atom. The van der Waals surface area contributed by atoms with E-state index in [0.29, 0.717) is 0 Å². The van der Waals surface area contributed by atoms with Gasteiger partial charge in [0.25, 0.3) is 0 Å². The smallest absolute Gasteiger partial charge is 0.113 e. The number of aliphatic hydroxyl groups excluding tert-OH is 1. The summed E-state index contributed by atoms with van der Waals surface area (Å²) in [5.41, 5.74) is 5.81. The van der Waals surface area contributed by atoms with Crippen LogP contribution in [0.15, 0.2) is 72.8 Å². The molecule has 0 aliphatic carbocycles. The SMILES string of the molecule is Cc1ccc(C(O)C(c2ccc(N(C)C)cc2)n2nnc3ccccc32)cc1. The number of aliphatic hydroxyl groups is 1. The van der Waals surface area contributed by atoms with Gasteiger partial charge in [-0.05, 0) is 42.3 Å². The molecule has 1 N–H and O–H groups in total. The summed E-state index contributed by atoms with van der Waals surface area (Å²) < 4.78 is 1.82. The van der Waals surface area contributed by atoms with Crippen molar-refractivity contribution in [1.29, 1.82) is 0 Å². The maximum absolute atomic E-state index is 11.3. The van der Waals surface area contributed by atoms with E-state index in [2.05, 4.69) is 27.3 Å². The summed E-state index contributed by atoms with van der Waals surface area (Å²) in [5, 5.41) is 20.0. The first kappa shape index (κ1) is 18.2. The first-order valence-corrected chi connectivity index (χ1v) is 9.36. The Morgan fingerprint density at radius 1 is 0.857 bits per heavy atom. The van der Waals surface area contributed by atoms with Crippen LogP contribution in [-0.2, 0) is 0 Å². The molecule has 0 radical (unpaired) electrons. The lowest BCUT2D eigenvalue weighted by atomic mass is 9.95. The van der Waals surface area contributed by atoms with Crippen molar-refractivity contribution in [2.24, 2.45) is 0 Å². The van der Waals surface area contributed by atoms with Crippen molar-refractivity contribution in [3.63, 3.8) is 0 Å². The Hall–Kier alpha value is -3.18. The van der Waals surface area contributed by atoms with Gasteiger partial charge in [0.2, 0.25) is 0 Å². The molecule has 0 aliphatic rings. The van der Waals surface area contributed by atoms with E-state index in [1.54, 1.807) is 0 Å². The molecule has 4 aromatic rings. The minimum absolute atomic E-state index is 0.383. The number of anilines is 1. The number of hydrogen-bond donors (Lipinski definition) is 1. The fourth-order valence-corrected chi connectivity index (χ4v) is 3.47. The Bertz CT molecular complexity index is 1070. The lowest BCUT2D eigenvalue weighted by Crippen LogP contribution is -2.21. The average Bonchev–Trinajstić information content (AvgIpc) is 3.13. The number of fused-ring (bicyclic) bond motifs is 1. The van der Waals surface area contributed by atoms with E-state index in [0.717, 1.165) is 33.4 Å². The first-order valence-electron chi connectivity index (χ1n) is 9.36. The van der Waals surface area contributed by atoms with Crippen LogP contribution in [0.5, 0.6) is 0 Å². The zero-order valence-corrected chi connectivity index (χ0v) is 16.3. The van der Waals surface area contributed by atoms with Crippen molar-refractivity contribution >= 4 is 16.7 Å². The molecule has 2 atom stereocenters. The molecule has 1 heterocycles. The van der Waals surface area contributed by atoms with Crippen LogP contribution in [0.25, 0.3) is 11.0 Å². The van der Waals surface area contributed by atoms with E-state index in [1.165, 1.54) is 0 Å². The number of rotatable bonds is 5. The normalized spacial score (nSPS) is 13.4. The monoisotopic (exact) mass is 372 g/mol. The quantitative estimate of drug-likeness (QED) is 0.572. The van der Waals surface area contributed by atoms with Crippen LogP contribution in [0.4, 0.5) is 5.69 Å². The van der Waals surface area contributed by atoms with E-state index >= 15 is 0 Å². The second kappa shape index (κ2) is 7.44. The molecule has 0 bridgehead atoms. The zero-order chi connectivity index (χ0) is 19.7. The highest BCUT2D eigenvalue weighted by atomic mass is 16.3. The Labute approximate surface area is 164 Å². The van der Waals surface area contributed by atoms with Gasteiger partial charge in [-0.2, -0.15) is 0 Å². The van der Waals surface area contributed by atoms with Gasteiger partial charge in [0.15, 0.2) is 0 Å². The first-order chi connectivity index (χ1) is 13.5. The zero-order valence-electron chi connectivity index (χ0n) is 16.3. The van der Waals surface area contributed by atoms with Crippen LogP contribution >= 0.6 is 0 Å². The fraction of sp³-hybridized carbons (Fsp3) is 0.217. The number of benzene rings is 3. The minimum Gasteiger partial charge on any atom is -0.386 e. The van der Waals surface area contributed by atoms with Crippen LogP contribution in [0, 0.1) is 6.92 Å². The van der Waals surface area contributed by atoms with Gasteiger partial charge in [0.1, 0.15) is 17.7 Å². The number of aryl methyl sites for hydroxylation is 1. The molecule has 0 amide bonds. The fourth-order valence-electron chi connectivity index (χ4n) is 3.47. The standard InChI is InChI=1S/C23H24N4O/c1-16-8-10-18(11-9-16)23(28)22(17-12-14-19(15-13-17)26(2)3)27-21-7-5-4-6-20(21)24-25-27/h4-15,22-23,28H,1-3H3. The lowest BCUT2D eigenvalue weighted by molar-refractivity contribution is 0.126. The van der Waals surface area contributed by atoms with Crippen molar-refractivity contribution in [2.45, 2.75) is 19.1 Å². The van der Waals surface area contributed by atoms with E-state index in [9.17, 15) is 5.11 Å². The van der Waals surface area contributed by atoms with Gasteiger partial charge in [-0.15, -0.1) is 5.10 Å². The number of aromatic nitrogens is 3. The molecule has 5 heteroatoms. The van der Waals surface area contributed by atoms with Crippen molar-refractivity contribution in [3.05, 3.63) is 89.5 Å². The minimum atomic E-state index is -0.754. The molecule has 142 valence electrons. The summed E-state index contributed by atoms with van der Waals surface area (Å²) in [6.45, 7) is 2.04. The third-order valence-electron chi connectivity index (χ3n) is 5.11. The third kappa shape index (κ3) is 3.37. The van der Waals surface area contributed by atoms with Crippen molar-refractivity contribution in [1.82, 2.24) is 15.0 Å². The topological polar surface area (TPSA) is 54.2 Å². The second-order valence-corrected chi connectivity index (χ2v) is 7.31. The van der Waals surface area contributed by atoms with E-state index in [-0.39, 0.29) is 6.04 Å². The van der Waals surface area contributed by atoms with Gasteiger partial charge in [-0.25, -0.2) is 4.68 Å². The maximum atomic E-state index is 11.3. The molecule has 0 fully saturated rings. The van der Waals surface area contributed by atoms with E-state index < -0.39 is 6.10 Å². The molecule has 1 aromatic heterocycles.